The Balaban J connectivity index is 2.11. The van der Waals surface area contributed by atoms with E-state index in [9.17, 15) is 4.79 Å². The Morgan fingerprint density at radius 1 is 1.56 bits per heavy atom. The minimum atomic E-state index is -0.959. The molecule has 0 unspecified atom stereocenters. The van der Waals surface area contributed by atoms with E-state index >= 15 is 0 Å². The third kappa shape index (κ3) is 3.20. The van der Waals surface area contributed by atoms with Crippen LogP contribution in [0.15, 0.2) is 16.7 Å². The largest absolute Gasteiger partial charge is 0.478 e. The number of halogens is 1. The number of likely N-dealkylation sites (tertiary alicyclic amines) is 1. The number of carbonyl (C=O) groups is 1. The molecule has 1 saturated heterocycles. The van der Waals surface area contributed by atoms with Gasteiger partial charge in [0, 0.05) is 16.7 Å². The summed E-state index contributed by atoms with van der Waals surface area (Å²) in [5.74, 6) is -0.500. The lowest BCUT2D eigenvalue weighted by Gasteiger charge is -2.30. The van der Waals surface area contributed by atoms with Crippen LogP contribution in [0, 0.1) is 0 Å². The number of aromatic nitrogens is 1. The maximum Gasteiger partial charge on any atom is 0.339 e. The van der Waals surface area contributed by atoms with Gasteiger partial charge in [-0.05, 0) is 55.0 Å². The molecule has 0 saturated carbocycles. The van der Waals surface area contributed by atoms with E-state index < -0.39 is 5.97 Å². The van der Waals surface area contributed by atoms with Crippen molar-refractivity contribution < 1.29 is 9.90 Å². The number of nitrogens with zero attached hydrogens (tertiary/aromatic N) is 2. The van der Waals surface area contributed by atoms with Crippen LogP contribution in [0.4, 0.5) is 5.82 Å². The molecule has 0 aliphatic carbocycles. The second-order valence-corrected chi connectivity index (χ2v) is 5.49. The predicted molar refractivity (Wildman–Crippen MR) is 73.0 cm³/mol. The van der Waals surface area contributed by atoms with Crippen LogP contribution in [-0.4, -0.2) is 47.1 Å². The molecule has 1 fully saturated rings. The Hall–Kier alpha value is -1.14. The van der Waals surface area contributed by atoms with Gasteiger partial charge in [0.15, 0.2) is 0 Å². The van der Waals surface area contributed by atoms with Gasteiger partial charge >= 0.3 is 5.97 Å². The third-order valence-electron chi connectivity index (χ3n) is 3.14. The minimum absolute atomic E-state index is 0.211. The fourth-order valence-electron chi connectivity index (χ4n) is 2.06. The van der Waals surface area contributed by atoms with Crippen molar-refractivity contribution in [1.29, 1.82) is 0 Å². The third-order valence-corrected chi connectivity index (χ3v) is 3.58. The molecule has 1 aromatic rings. The van der Waals surface area contributed by atoms with Crippen molar-refractivity contribution in [3.8, 4) is 0 Å². The van der Waals surface area contributed by atoms with Crippen LogP contribution in [0.2, 0.25) is 0 Å². The van der Waals surface area contributed by atoms with Crippen molar-refractivity contribution in [3.63, 3.8) is 0 Å². The second-order valence-electron chi connectivity index (χ2n) is 4.58. The highest BCUT2D eigenvalue weighted by molar-refractivity contribution is 9.10. The highest BCUT2D eigenvalue weighted by Crippen LogP contribution is 2.21. The molecule has 6 heteroatoms. The molecule has 0 aromatic carbocycles. The van der Waals surface area contributed by atoms with Crippen LogP contribution in [0.3, 0.4) is 0 Å². The molecule has 1 aliphatic heterocycles. The molecule has 5 nitrogen and oxygen atoms in total. The Morgan fingerprint density at radius 2 is 2.22 bits per heavy atom. The fourth-order valence-corrected chi connectivity index (χ4v) is 2.39. The van der Waals surface area contributed by atoms with Crippen molar-refractivity contribution >= 4 is 27.7 Å². The number of nitrogens with one attached hydrogen (secondary N) is 1. The Bertz CT molecular complexity index is 445. The monoisotopic (exact) mass is 313 g/mol. The zero-order valence-electron chi connectivity index (χ0n) is 10.2. The summed E-state index contributed by atoms with van der Waals surface area (Å²) in [7, 11) is 2.09. The molecule has 1 aliphatic rings. The number of carboxylic acids is 1. The van der Waals surface area contributed by atoms with Gasteiger partial charge in [-0.25, -0.2) is 9.78 Å². The van der Waals surface area contributed by atoms with E-state index in [2.05, 4.69) is 38.2 Å². The molecular formula is C12H16BrN3O2. The Morgan fingerprint density at radius 3 is 2.83 bits per heavy atom. The smallest absolute Gasteiger partial charge is 0.339 e. The van der Waals surface area contributed by atoms with Gasteiger partial charge < -0.3 is 15.3 Å². The van der Waals surface area contributed by atoms with E-state index in [0.717, 1.165) is 25.9 Å². The first-order valence-corrected chi connectivity index (χ1v) is 6.69. The van der Waals surface area contributed by atoms with Crippen LogP contribution >= 0.6 is 15.9 Å². The summed E-state index contributed by atoms with van der Waals surface area (Å²) >= 11 is 3.24. The minimum Gasteiger partial charge on any atom is -0.478 e. The van der Waals surface area contributed by atoms with Crippen LogP contribution in [0.25, 0.3) is 0 Å². The molecule has 2 N–H and O–H groups in total. The number of hydrogen-bond donors (Lipinski definition) is 2. The number of rotatable bonds is 3. The summed E-state index contributed by atoms with van der Waals surface area (Å²) in [5.41, 5.74) is 0.211. The van der Waals surface area contributed by atoms with E-state index in [1.807, 2.05) is 0 Å². The van der Waals surface area contributed by atoms with Crippen molar-refractivity contribution in [3.05, 3.63) is 22.3 Å². The van der Waals surface area contributed by atoms with Crippen molar-refractivity contribution in [1.82, 2.24) is 9.88 Å². The number of anilines is 1. The SMILES string of the molecule is CN1CCC(Nc2ncc(Br)cc2C(=O)O)CC1. The quantitative estimate of drug-likeness (QED) is 0.894. The van der Waals surface area contributed by atoms with Gasteiger partial charge in [0.1, 0.15) is 11.4 Å². The van der Waals surface area contributed by atoms with E-state index in [1.165, 1.54) is 0 Å². The van der Waals surface area contributed by atoms with Crippen molar-refractivity contribution in [2.75, 3.05) is 25.5 Å². The molecule has 98 valence electrons. The van der Waals surface area contributed by atoms with E-state index in [4.69, 9.17) is 5.11 Å². The summed E-state index contributed by atoms with van der Waals surface area (Å²) in [6.45, 7) is 2.05. The lowest BCUT2D eigenvalue weighted by Crippen LogP contribution is -2.37. The zero-order valence-corrected chi connectivity index (χ0v) is 11.8. The first-order valence-electron chi connectivity index (χ1n) is 5.90. The molecular weight excluding hydrogens is 298 g/mol. The molecule has 18 heavy (non-hydrogen) atoms. The molecule has 1 aromatic heterocycles. The average Bonchev–Trinajstić information content (AvgIpc) is 2.34. The van der Waals surface area contributed by atoms with Crippen LogP contribution in [0.1, 0.15) is 23.2 Å². The van der Waals surface area contributed by atoms with Crippen molar-refractivity contribution in [2.24, 2.45) is 0 Å². The number of carboxylic acid groups (broad SMARTS) is 1. The van der Waals surface area contributed by atoms with E-state index in [0.29, 0.717) is 16.3 Å². The Kier molecular flexibility index (Phi) is 4.19. The summed E-state index contributed by atoms with van der Waals surface area (Å²) in [6.07, 6.45) is 3.63. The topological polar surface area (TPSA) is 65.5 Å². The highest BCUT2D eigenvalue weighted by atomic mass is 79.9. The number of pyridine rings is 1. The molecule has 0 atom stereocenters. The fraction of sp³-hybridized carbons (Fsp3) is 0.500. The zero-order chi connectivity index (χ0) is 13.1. The number of aromatic carboxylic acids is 1. The van der Waals surface area contributed by atoms with Gasteiger partial charge in [-0.3, -0.25) is 0 Å². The molecule has 2 rings (SSSR count). The predicted octanol–water partition coefficient (Wildman–Crippen LogP) is 2.05. The summed E-state index contributed by atoms with van der Waals surface area (Å²) in [5, 5.41) is 12.4. The lowest BCUT2D eigenvalue weighted by molar-refractivity contribution is 0.0697. The first kappa shape index (κ1) is 13.3. The highest BCUT2D eigenvalue weighted by Gasteiger charge is 2.19. The van der Waals surface area contributed by atoms with Crippen LogP contribution in [-0.2, 0) is 0 Å². The second kappa shape index (κ2) is 5.67. The summed E-state index contributed by atoms with van der Waals surface area (Å²) in [6, 6.07) is 1.88. The van der Waals surface area contributed by atoms with Gasteiger partial charge in [-0.2, -0.15) is 0 Å². The molecule has 0 bridgehead atoms. The standard InChI is InChI=1S/C12H16BrN3O2/c1-16-4-2-9(3-5-16)15-11-10(12(17)18)6-8(13)7-14-11/h6-7,9H,2-5H2,1H3,(H,14,15)(H,17,18). The van der Waals surface area contributed by atoms with Crippen LogP contribution in [0.5, 0.6) is 0 Å². The van der Waals surface area contributed by atoms with Gasteiger partial charge in [0.05, 0.1) is 0 Å². The number of hydrogen-bond acceptors (Lipinski definition) is 4. The van der Waals surface area contributed by atoms with E-state index in [1.54, 1.807) is 12.3 Å². The van der Waals surface area contributed by atoms with E-state index in [-0.39, 0.29) is 5.56 Å². The number of piperidine rings is 1. The molecule has 2 heterocycles. The summed E-state index contributed by atoms with van der Waals surface area (Å²) in [4.78, 5) is 17.6. The lowest BCUT2D eigenvalue weighted by atomic mass is 10.1. The van der Waals surface area contributed by atoms with Gasteiger partial charge in [-0.15, -0.1) is 0 Å². The van der Waals surface area contributed by atoms with Gasteiger partial charge in [0.2, 0.25) is 0 Å². The maximum atomic E-state index is 11.2. The first-order chi connectivity index (χ1) is 8.56. The normalized spacial score (nSPS) is 17.7. The molecule has 0 amide bonds. The maximum absolute atomic E-state index is 11.2. The average molecular weight is 314 g/mol. The van der Waals surface area contributed by atoms with Gasteiger partial charge in [-0.1, -0.05) is 0 Å². The molecule has 0 spiro atoms. The molecule has 0 radical (unpaired) electrons. The van der Waals surface area contributed by atoms with Gasteiger partial charge in [0.25, 0.3) is 0 Å². The van der Waals surface area contributed by atoms with Crippen molar-refractivity contribution in [2.45, 2.75) is 18.9 Å². The van der Waals surface area contributed by atoms with Crippen LogP contribution < -0.4 is 5.32 Å². The Labute approximate surface area is 114 Å². The summed E-state index contributed by atoms with van der Waals surface area (Å²) < 4.78 is 0.675.